The first-order chi connectivity index (χ1) is 15.5. The zero-order valence-electron chi connectivity index (χ0n) is 20.4. The summed E-state index contributed by atoms with van der Waals surface area (Å²) in [5.74, 6) is -5.28. The number of carbonyl (C=O) groups is 4. The van der Waals surface area contributed by atoms with Crippen LogP contribution in [0.3, 0.4) is 0 Å². The maximum Gasteiger partial charge on any atom is 0.0643 e. The molecule has 0 saturated carbocycles. The van der Waals surface area contributed by atoms with Crippen LogP contribution >= 0.6 is 0 Å². The maximum atomic E-state index is 9.41. The van der Waals surface area contributed by atoms with Crippen molar-refractivity contribution < 1.29 is 39.6 Å². The van der Waals surface area contributed by atoms with Gasteiger partial charge in [0, 0.05) is 0 Å². The average molecular weight is 574 g/mol. The van der Waals surface area contributed by atoms with Gasteiger partial charge < -0.3 is 39.6 Å². The molecule has 8 nitrogen and oxygen atoms in total. The fraction of sp³-hybridized carbons (Fsp3) is 0.667. The van der Waals surface area contributed by atoms with Gasteiger partial charge in [0.25, 0.3) is 0 Å². The summed E-state index contributed by atoms with van der Waals surface area (Å²) in [5, 5.41) is 37.7. The first-order valence-electron chi connectivity index (χ1n) is 11.5. The van der Waals surface area contributed by atoms with E-state index < -0.39 is 43.6 Å². The second-order valence-corrected chi connectivity index (χ2v) is 16.5. The van der Waals surface area contributed by atoms with E-state index in [9.17, 15) is 39.6 Å². The number of rotatable bonds is 16. The monoisotopic (exact) mass is 575 g/mol. The molecule has 0 aromatic rings. The fourth-order valence-electron chi connectivity index (χ4n) is 2.61. The van der Waals surface area contributed by atoms with Crippen LogP contribution in [-0.2, 0) is 19.2 Å². The molecule has 9 heteroatoms. The molecule has 0 bridgehead atoms. The maximum absolute atomic E-state index is 9.41. The Balaban J connectivity index is -0.000000468. The molecule has 33 heavy (non-hydrogen) atoms. The van der Waals surface area contributed by atoms with Gasteiger partial charge in [-0.2, -0.15) is 0 Å². The van der Waals surface area contributed by atoms with Gasteiger partial charge in [-0.3, -0.25) is 0 Å². The van der Waals surface area contributed by atoms with Gasteiger partial charge >= 0.3 is 118 Å². The molecule has 0 spiro atoms. The molecule has 187 valence electrons. The van der Waals surface area contributed by atoms with Crippen molar-refractivity contribution >= 4 is 43.6 Å². The molecule has 0 fully saturated rings. The van der Waals surface area contributed by atoms with Crippen LogP contribution in [0.1, 0.15) is 79.1 Å². The minimum atomic E-state index is -1.55. The standard InChI is InChI=1S/C8H17.2C4H4O4.2C4H9.Sn/c1-4-5-6-7-8(2)3;2*5-3(6)1-2-4(7)8;2*1-3-4-2;/h8H,1,4-7H2,2-3H3;2*1-2H,(H,5,6)(H,7,8);2*1,3-4H2,2H3;/q;;;;;+4/p-4/b;2*2-1-;;;. The van der Waals surface area contributed by atoms with Crippen LogP contribution in [0, 0.1) is 5.92 Å². The Morgan fingerprint density at radius 1 is 0.606 bits per heavy atom. The van der Waals surface area contributed by atoms with E-state index in [0.717, 1.165) is 5.92 Å². The second kappa shape index (κ2) is 26.4. The van der Waals surface area contributed by atoms with E-state index in [0.29, 0.717) is 24.3 Å². The minimum absolute atomic E-state index is 0.384. The smallest absolute Gasteiger partial charge is 0.0643 e. The van der Waals surface area contributed by atoms with Crippen LogP contribution in [0.25, 0.3) is 0 Å². The molecule has 0 aromatic heterocycles. The summed E-state index contributed by atoms with van der Waals surface area (Å²) in [6, 6.07) is 0. The predicted octanol–water partition coefficient (Wildman–Crippen LogP) is 0.383. The van der Waals surface area contributed by atoms with Crippen molar-refractivity contribution in [3.05, 3.63) is 24.3 Å². The summed E-state index contributed by atoms with van der Waals surface area (Å²) in [7, 11) is 0. The number of carbonyl (C=O) groups excluding carboxylic acids is 4. The van der Waals surface area contributed by atoms with E-state index in [-0.39, 0.29) is 0 Å². The summed E-state index contributed by atoms with van der Waals surface area (Å²) in [6.07, 6.45) is 13.4. The summed E-state index contributed by atoms with van der Waals surface area (Å²) in [6.45, 7) is 9.40. The predicted molar refractivity (Wildman–Crippen MR) is 122 cm³/mol. The van der Waals surface area contributed by atoms with Crippen molar-refractivity contribution in [1.29, 1.82) is 0 Å². The van der Waals surface area contributed by atoms with Crippen LogP contribution in [0.4, 0.5) is 0 Å². The molecule has 5 radical (unpaired) electrons. The van der Waals surface area contributed by atoms with Crippen molar-refractivity contribution in [2.75, 3.05) is 0 Å². The number of carboxylic acids is 4. The molecule has 0 unspecified atom stereocenters. The van der Waals surface area contributed by atoms with Gasteiger partial charge in [0.05, 0.1) is 23.9 Å². The summed E-state index contributed by atoms with van der Waals surface area (Å²) in [5.41, 5.74) is 0. The molecular formula is C24H39O8Sn. The van der Waals surface area contributed by atoms with Gasteiger partial charge in [-0.1, -0.05) is 0 Å². The molecule has 0 aromatic carbocycles. The normalized spacial score (nSPS) is 10.6. The van der Waals surface area contributed by atoms with Crippen LogP contribution in [0.5, 0.6) is 0 Å². The Kier molecular flexibility index (Phi) is 28.6. The summed E-state index contributed by atoms with van der Waals surface area (Å²) in [4.78, 5) is 37.7. The molecule has 0 saturated heterocycles. The van der Waals surface area contributed by atoms with Gasteiger partial charge in [-0.25, -0.2) is 0 Å². The Morgan fingerprint density at radius 2 is 0.939 bits per heavy atom. The van der Waals surface area contributed by atoms with Crippen molar-refractivity contribution in [1.82, 2.24) is 0 Å². The molecule has 0 N–H and O–H groups in total. The molecular weight excluding hydrogens is 535 g/mol. The van der Waals surface area contributed by atoms with Gasteiger partial charge in [-0.05, 0) is 24.3 Å². The number of hydrogen-bond acceptors (Lipinski definition) is 8. The zero-order chi connectivity index (χ0) is 26.1. The van der Waals surface area contributed by atoms with Crippen molar-refractivity contribution in [2.45, 2.75) is 92.4 Å². The minimum Gasteiger partial charge on any atom is -0.545 e. The summed E-state index contributed by atoms with van der Waals surface area (Å²) < 4.78 is 5.06. The van der Waals surface area contributed by atoms with Crippen molar-refractivity contribution in [3.8, 4) is 0 Å². The Morgan fingerprint density at radius 3 is 1.21 bits per heavy atom. The SMILES string of the molecule is CCC[CH2][Sn+4]([CH2]CCC)[CH2]CCCCC(C)C.O=C([O-])/C=C\C(=O)[O-].O=C([O-])/C=C\C(=O)[O-]. The molecule has 0 rings (SSSR count). The third-order valence-electron chi connectivity index (χ3n) is 4.29. The quantitative estimate of drug-likeness (QED) is 0.145. The number of carboxylic acid groups (broad SMARTS) is 4. The molecule has 0 aliphatic carbocycles. The van der Waals surface area contributed by atoms with Gasteiger partial charge in [0.15, 0.2) is 0 Å². The van der Waals surface area contributed by atoms with Gasteiger partial charge in [0.1, 0.15) is 0 Å². The van der Waals surface area contributed by atoms with Crippen molar-refractivity contribution in [3.63, 3.8) is 0 Å². The molecule has 0 aliphatic heterocycles. The molecule has 0 atom stereocenters. The Hall–Kier alpha value is -1.84. The summed E-state index contributed by atoms with van der Waals surface area (Å²) >= 11 is -0.907. The van der Waals surface area contributed by atoms with Crippen LogP contribution in [0.15, 0.2) is 24.3 Å². The second-order valence-electron chi connectivity index (χ2n) is 7.89. The number of unbranched alkanes of at least 4 members (excludes halogenated alkanes) is 4. The van der Waals surface area contributed by atoms with E-state index in [2.05, 4.69) is 27.7 Å². The third-order valence-corrected chi connectivity index (χ3v) is 13.4. The zero-order valence-corrected chi connectivity index (χ0v) is 23.3. The number of aliphatic carboxylic acids is 4. The van der Waals surface area contributed by atoms with E-state index in [1.54, 1.807) is 19.7 Å². The first kappa shape index (κ1) is 35.7. The van der Waals surface area contributed by atoms with Gasteiger partial charge in [-0.15, -0.1) is 0 Å². The third kappa shape index (κ3) is 41.0. The fourth-order valence-corrected chi connectivity index (χ4v) is 11.8. The number of hydrogen-bond donors (Lipinski definition) is 0. The largest absolute Gasteiger partial charge is 0.545 e. The van der Waals surface area contributed by atoms with Crippen LogP contribution < -0.4 is 20.4 Å². The van der Waals surface area contributed by atoms with Gasteiger partial charge in [0.2, 0.25) is 0 Å². The Labute approximate surface area is 205 Å². The Bertz CT molecular complexity index is 511. The van der Waals surface area contributed by atoms with Crippen LogP contribution in [0.2, 0.25) is 13.3 Å². The topological polar surface area (TPSA) is 161 Å². The van der Waals surface area contributed by atoms with E-state index in [1.807, 2.05) is 0 Å². The average Bonchev–Trinajstić information content (AvgIpc) is 2.72. The van der Waals surface area contributed by atoms with E-state index in [4.69, 9.17) is 0 Å². The van der Waals surface area contributed by atoms with Crippen LogP contribution in [-0.4, -0.2) is 43.6 Å². The van der Waals surface area contributed by atoms with Crippen molar-refractivity contribution in [2.24, 2.45) is 5.92 Å². The molecule has 0 heterocycles. The molecule has 0 aliphatic rings. The van der Waals surface area contributed by atoms with E-state index >= 15 is 0 Å². The van der Waals surface area contributed by atoms with E-state index in [1.165, 1.54) is 44.9 Å². The first-order valence-corrected chi connectivity index (χ1v) is 17.5. The molecule has 0 amide bonds.